The average molecular weight is 383 g/mol. The van der Waals surface area contributed by atoms with Crippen LogP contribution in [0.3, 0.4) is 0 Å². The van der Waals surface area contributed by atoms with Crippen molar-refractivity contribution in [1.82, 2.24) is 25.7 Å². The number of hydrogen-bond acceptors (Lipinski definition) is 4. The third-order valence-corrected chi connectivity index (χ3v) is 4.97. The molecule has 1 aliphatic heterocycles. The highest BCUT2D eigenvalue weighted by atomic mass is 16.2. The molecule has 0 radical (unpaired) electrons. The number of carbonyl (C=O) groups is 2. The lowest BCUT2D eigenvalue weighted by atomic mass is 10.1. The molecule has 3 rings (SSSR count). The molecule has 2 heterocycles. The zero-order valence-corrected chi connectivity index (χ0v) is 16.4. The van der Waals surface area contributed by atoms with Gasteiger partial charge in [0, 0.05) is 31.4 Å². The maximum absolute atomic E-state index is 12.4. The molecule has 1 saturated heterocycles. The van der Waals surface area contributed by atoms with E-state index in [1.54, 1.807) is 18.2 Å². The lowest BCUT2D eigenvalue weighted by molar-refractivity contribution is 0.0938. The Labute approximate surface area is 165 Å². The highest BCUT2D eigenvalue weighted by Gasteiger charge is 2.17. The van der Waals surface area contributed by atoms with Crippen LogP contribution in [0, 0.1) is 0 Å². The number of benzene rings is 1. The summed E-state index contributed by atoms with van der Waals surface area (Å²) in [5.74, 6) is -0.254. The van der Waals surface area contributed by atoms with Gasteiger partial charge in [0.25, 0.3) is 11.8 Å². The standard InChI is InChI=1S/C21H29N5O2/c1-2-3-12-23-20(27)17-8-6-16(7-9-17)14-24-21(28)19-10-13-26(25-19)18-5-4-11-22-15-18/h6-10,13,18,22H,2-5,11-12,14-15H2,1H3,(H,23,27)(H,24,28). The Morgan fingerprint density at radius 1 is 1.18 bits per heavy atom. The molecule has 1 fully saturated rings. The van der Waals surface area contributed by atoms with Crippen LogP contribution in [-0.4, -0.2) is 41.2 Å². The van der Waals surface area contributed by atoms with Crippen molar-refractivity contribution in [2.45, 2.75) is 45.2 Å². The molecule has 1 aliphatic rings. The van der Waals surface area contributed by atoms with Crippen molar-refractivity contribution in [3.8, 4) is 0 Å². The molecule has 7 heteroatoms. The summed E-state index contributed by atoms with van der Waals surface area (Å²) in [5.41, 5.74) is 2.00. The zero-order valence-electron chi connectivity index (χ0n) is 16.4. The molecule has 0 saturated carbocycles. The van der Waals surface area contributed by atoms with E-state index in [4.69, 9.17) is 0 Å². The van der Waals surface area contributed by atoms with Gasteiger partial charge in [0.1, 0.15) is 5.69 Å². The number of amides is 2. The van der Waals surface area contributed by atoms with E-state index < -0.39 is 0 Å². The van der Waals surface area contributed by atoms with Gasteiger partial charge in [-0.05, 0) is 49.6 Å². The molecule has 1 aromatic heterocycles. The first-order chi connectivity index (χ1) is 13.7. The summed E-state index contributed by atoms with van der Waals surface area (Å²) in [6, 6.07) is 9.36. The fourth-order valence-electron chi connectivity index (χ4n) is 3.25. The Morgan fingerprint density at radius 3 is 2.71 bits per heavy atom. The van der Waals surface area contributed by atoms with E-state index >= 15 is 0 Å². The predicted octanol–water partition coefficient (Wildman–Crippen LogP) is 2.27. The van der Waals surface area contributed by atoms with Crippen molar-refractivity contribution in [3.05, 3.63) is 53.3 Å². The summed E-state index contributed by atoms with van der Waals surface area (Å²) in [6.45, 7) is 5.11. The predicted molar refractivity (Wildman–Crippen MR) is 108 cm³/mol. The maximum Gasteiger partial charge on any atom is 0.272 e. The zero-order chi connectivity index (χ0) is 19.8. The van der Waals surface area contributed by atoms with Gasteiger partial charge in [-0.2, -0.15) is 5.10 Å². The molecule has 28 heavy (non-hydrogen) atoms. The number of aromatic nitrogens is 2. The Morgan fingerprint density at radius 2 is 2.00 bits per heavy atom. The van der Waals surface area contributed by atoms with Crippen molar-refractivity contribution in [3.63, 3.8) is 0 Å². The van der Waals surface area contributed by atoms with E-state index in [0.29, 0.717) is 30.4 Å². The Hall–Kier alpha value is -2.67. The van der Waals surface area contributed by atoms with Crippen LogP contribution in [0.15, 0.2) is 36.5 Å². The largest absolute Gasteiger partial charge is 0.352 e. The quantitative estimate of drug-likeness (QED) is 0.610. The first-order valence-electron chi connectivity index (χ1n) is 10.1. The monoisotopic (exact) mass is 383 g/mol. The third-order valence-electron chi connectivity index (χ3n) is 4.97. The molecule has 1 atom stereocenters. The highest BCUT2D eigenvalue weighted by molar-refractivity contribution is 5.94. The lowest BCUT2D eigenvalue weighted by Crippen LogP contribution is -2.32. The van der Waals surface area contributed by atoms with Gasteiger partial charge in [-0.3, -0.25) is 14.3 Å². The Balaban J connectivity index is 1.49. The lowest BCUT2D eigenvalue weighted by Gasteiger charge is -2.22. The first kappa shape index (κ1) is 20.1. The maximum atomic E-state index is 12.4. The normalized spacial score (nSPS) is 16.5. The van der Waals surface area contributed by atoms with Crippen LogP contribution in [0.25, 0.3) is 0 Å². The second-order valence-corrected chi connectivity index (χ2v) is 7.17. The number of nitrogens with zero attached hydrogens (tertiary/aromatic N) is 2. The van der Waals surface area contributed by atoms with Gasteiger partial charge in [-0.25, -0.2) is 0 Å². The van der Waals surface area contributed by atoms with E-state index in [1.807, 2.05) is 23.0 Å². The van der Waals surface area contributed by atoms with Gasteiger partial charge in [-0.1, -0.05) is 25.5 Å². The van der Waals surface area contributed by atoms with Gasteiger partial charge in [0.2, 0.25) is 0 Å². The van der Waals surface area contributed by atoms with Crippen LogP contribution in [-0.2, 0) is 6.54 Å². The van der Waals surface area contributed by atoms with E-state index in [0.717, 1.165) is 44.3 Å². The first-order valence-corrected chi connectivity index (χ1v) is 10.1. The second kappa shape index (κ2) is 10.0. The van der Waals surface area contributed by atoms with E-state index in [1.165, 1.54) is 0 Å². The minimum Gasteiger partial charge on any atom is -0.352 e. The molecule has 150 valence electrons. The van der Waals surface area contributed by atoms with Crippen LogP contribution in [0.4, 0.5) is 0 Å². The van der Waals surface area contributed by atoms with Gasteiger partial charge in [-0.15, -0.1) is 0 Å². The van der Waals surface area contributed by atoms with Gasteiger partial charge in [0.15, 0.2) is 0 Å². The van der Waals surface area contributed by atoms with Gasteiger partial charge < -0.3 is 16.0 Å². The summed E-state index contributed by atoms with van der Waals surface area (Å²) in [5, 5.41) is 13.6. The average Bonchev–Trinajstić information content (AvgIpc) is 3.23. The van der Waals surface area contributed by atoms with E-state index in [2.05, 4.69) is 28.0 Å². The van der Waals surface area contributed by atoms with Crippen molar-refractivity contribution in [2.24, 2.45) is 0 Å². The van der Waals surface area contributed by atoms with Gasteiger partial charge in [0.05, 0.1) is 6.04 Å². The van der Waals surface area contributed by atoms with Crippen molar-refractivity contribution in [2.75, 3.05) is 19.6 Å². The molecule has 7 nitrogen and oxygen atoms in total. The summed E-state index contributed by atoms with van der Waals surface area (Å²) >= 11 is 0. The number of piperidine rings is 1. The fourth-order valence-corrected chi connectivity index (χ4v) is 3.25. The number of rotatable bonds is 8. The van der Waals surface area contributed by atoms with Crippen molar-refractivity contribution in [1.29, 1.82) is 0 Å². The Kier molecular flexibility index (Phi) is 7.19. The topological polar surface area (TPSA) is 88.0 Å². The SMILES string of the molecule is CCCCNC(=O)c1ccc(CNC(=O)c2ccn(C3CCCNC3)n2)cc1. The fraction of sp³-hybridized carbons (Fsp3) is 0.476. The van der Waals surface area contributed by atoms with E-state index in [-0.39, 0.29) is 11.8 Å². The molecule has 0 spiro atoms. The molecular weight excluding hydrogens is 354 g/mol. The smallest absolute Gasteiger partial charge is 0.272 e. The second-order valence-electron chi connectivity index (χ2n) is 7.17. The molecule has 0 aliphatic carbocycles. The molecule has 3 N–H and O–H groups in total. The Bertz CT molecular complexity index is 778. The number of carbonyl (C=O) groups excluding carboxylic acids is 2. The minimum absolute atomic E-state index is 0.0632. The van der Waals surface area contributed by atoms with Crippen LogP contribution in [0.1, 0.15) is 65.1 Å². The summed E-state index contributed by atoms with van der Waals surface area (Å²) in [4.78, 5) is 24.4. The van der Waals surface area contributed by atoms with Crippen LogP contribution < -0.4 is 16.0 Å². The molecule has 2 amide bonds. The van der Waals surface area contributed by atoms with Crippen LogP contribution >= 0.6 is 0 Å². The summed E-state index contributed by atoms with van der Waals surface area (Å²) in [7, 11) is 0. The van der Waals surface area contributed by atoms with Crippen LogP contribution in [0.2, 0.25) is 0 Å². The summed E-state index contributed by atoms with van der Waals surface area (Å²) < 4.78 is 1.88. The minimum atomic E-state index is -0.191. The number of unbranched alkanes of at least 4 members (excludes halogenated alkanes) is 1. The van der Waals surface area contributed by atoms with E-state index in [9.17, 15) is 9.59 Å². The summed E-state index contributed by atoms with van der Waals surface area (Å²) in [6.07, 6.45) is 6.10. The van der Waals surface area contributed by atoms with Crippen molar-refractivity contribution < 1.29 is 9.59 Å². The highest BCUT2D eigenvalue weighted by Crippen LogP contribution is 2.15. The molecular formula is C21H29N5O2. The van der Waals surface area contributed by atoms with Crippen molar-refractivity contribution >= 4 is 11.8 Å². The number of nitrogens with one attached hydrogen (secondary N) is 3. The number of hydrogen-bond donors (Lipinski definition) is 3. The molecule has 2 aromatic rings. The molecule has 1 unspecified atom stereocenters. The third kappa shape index (κ3) is 5.42. The van der Waals surface area contributed by atoms with Gasteiger partial charge >= 0.3 is 0 Å². The molecule has 0 bridgehead atoms. The van der Waals surface area contributed by atoms with Crippen LogP contribution in [0.5, 0.6) is 0 Å². The molecule has 1 aromatic carbocycles.